The summed E-state index contributed by atoms with van der Waals surface area (Å²) in [6.45, 7) is 4.85. The number of piperidine rings is 1. The summed E-state index contributed by atoms with van der Waals surface area (Å²) in [6.07, 6.45) is 2.51. The summed E-state index contributed by atoms with van der Waals surface area (Å²) in [5, 5.41) is 9.06. The highest BCUT2D eigenvalue weighted by Gasteiger charge is 2.28. The van der Waals surface area contributed by atoms with Crippen molar-refractivity contribution in [1.29, 1.82) is 0 Å². The third-order valence-corrected chi connectivity index (χ3v) is 4.75. The van der Waals surface area contributed by atoms with Crippen LogP contribution in [0.2, 0.25) is 0 Å². The molecular formula is C10H22N2O3S. The van der Waals surface area contributed by atoms with Crippen LogP contribution in [0.1, 0.15) is 33.1 Å². The molecule has 1 saturated heterocycles. The van der Waals surface area contributed by atoms with E-state index in [1.807, 2.05) is 13.8 Å². The Kier molecular flexibility index (Phi) is 5.17. The molecule has 16 heavy (non-hydrogen) atoms. The maximum atomic E-state index is 11.9. The van der Waals surface area contributed by atoms with Crippen LogP contribution in [0.4, 0.5) is 0 Å². The second kappa shape index (κ2) is 5.95. The van der Waals surface area contributed by atoms with Gasteiger partial charge in [0, 0.05) is 25.7 Å². The monoisotopic (exact) mass is 250 g/mol. The molecule has 0 aromatic carbocycles. The van der Waals surface area contributed by atoms with Gasteiger partial charge in [0.2, 0.25) is 0 Å². The van der Waals surface area contributed by atoms with Gasteiger partial charge in [0.1, 0.15) is 0 Å². The standard InChI is InChI=1S/C10H22N2O3S/c1-3-9(2)11-16(14,15)12-6-4-5-10(7-12)8-13/h9-11,13H,3-8H2,1-2H3. The Morgan fingerprint density at radius 2 is 2.25 bits per heavy atom. The molecule has 5 nitrogen and oxygen atoms in total. The number of hydrogen-bond donors (Lipinski definition) is 2. The van der Waals surface area contributed by atoms with E-state index in [1.54, 1.807) is 0 Å². The van der Waals surface area contributed by atoms with Gasteiger partial charge in [-0.25, -0.2) is 0 Å². The van der Waals surface area contributed by atoms with E-state index in [0.717, 1.165) is 19.3 Å². The third-order valence-electron chi connectivity index (χ3n) is 3.04. The zero-order chi connectivity index (χ0) is 12.2. The van der Waals surface area contributed by atoms with Gasteiger partial charge in [-0.3, -0.25) is 0 Å². The van der Waals surface area contributed by atoms with Crippen LogP contribution in [0.3, 0.4) is 0 Å². The SMILES string of the molecule is CCC(C)NS(=O)(=O)N1CCCC(CO)C1. The number of rotatable bonds is 5. The van der Waals surface area contributed by atoms with Gasteiger partial charge >= 0.3 is 0 Å². The molecule has 1 rings (SSSR count). The van der Waals surface area contributed by atoms with Crippen molar-refractivity contribution < 1.29 is 13.5 Å². The van der Waals surface area contributed by atoms with Crippen molar-refractivity contribution in [2.24, 2.45) is 5.92 Å². The molecule has 2 unspecified atom stereocenters. The summed E-state index contributed by atoms with van der Waals surface area (Å²) < 4.78 is 28.0. The van der Waals surface area contributed by atoms with E-state index in [9.17, 15) is 8.42 Å². The molecule has 96 valence electrons. The quantitative estimate of drug-likeness (QED) is 0.738. The summed E-state index contributed by atoms with van der Waals surface area (Å²) in [5.74, 6) is 0.0854. The van der Waals surface area contributed by atoms with E-state index in [-0.39, 0.29) is 18.6 Å². The molecule has 2 atom stereocenters. The van der Waals surface area contributed by atoms with E-state index in [1.165, 1.54) is 4.31 Å². The number of nitrogens with one attached hydrogen (secondary N) is 1. The van der Waals surface area contributed by atoms with E-state index in [2.05, 4.69) is 4.72 Å². The fraction of sp³-hybridized carbons (Fsp3) is 1.00. The molecule has 0 amide bonds. The first-order chi connectivity index (χ1) is 7.49. The van der Waals surface area contributed by atoms with Crippen molar-refractivity contribution in [2.75, 3.05) is 19.7 Å². The number of hydrogen-bond acceptors (Lipinski definition) is 3. The Hall–Kier alpha value is -0.170. The highest BCUT2D eigenvalue weighted by atomic mass is 32.2. The molecule has 6 heteroatoms. The predicted octanol–water partition coefficient (Wildman–Crippen LogP) is 0.324. The second-order valence-corrected chi connectivity index (χ2v) is 6.18. The number of aliphatic hydroxyl groups is 1. The molecular weight excluding hydrogens is 228 g/mol. The Balaban J connectivity index is 2.61. The van der Waals surface area contributed by atoms with Crippen LogP contribution in [0.15, 0.2) is 0 Å². The zero-order valence-corrected chi connectivity index (χ0v) is 10.8. The first-order valence-electron chi connectivity index (χ1n) is 5.87. The van der Waals surface area contributed by atoms with Crippen LogP contribution < -0.4 is 4.72 Å². The maximum absolute atomic E-state index is 11.9. The number of nitrogens with zero attached hydrogens (tertiary/aromatic N) is 1. The topological polar surface area (TPSA) is 69.6 Å². The lowest BCUT2D eigenvalue weighted by molar-refractivity contribution is 0.164. The van der Waals surface area contributed by atoms with Crippen molar-refractivity contribution in [3.05, 3.63) is 0 Å². The van der Waals surface area contributed by atoms with Crippen LogP contribution >= 0.6 is 0 Å². The van der Waals surface area contributed by atoms with Gasteiger partial charge in [0.15, 0.2) is 0 Å². The Morgan fingerprint density at radius 3 is 2.81 bits per heavy atom. The lowest BCUT2D eigenvalue weighted by Crippen LogP contribution is -2.48. The van der Waals surface area contributed by atoms with Crippen molar-refractivity contribution in [1.82, 2.24) is 9.03 Å². The van der Waals surface area contributed by atoms with Gasteiger partial charge in [0.05, 0.1) is 0 Å². The average molecular weight is 250 g/mol. The summed E-state index contributed by atoms with van der Waals surface area (Å²) in [7, 11) is -3.37. The number of aliphatic hydroxyl groups excluding tert-OH is 1. The van der Waals surface area contributed by atoms with E-state index in [0.29, 0.717) is 13.1 Å². The molecule has 0 aliphatic carbocycles. The first-order valence-corrected chi connectivity index (χ1v) is 7.31. The van der Waals surface area contributed by atoms with Gasteiger partial charge in [-0.05, 0) is 32.1 Å². The zero-order valence-electron chi connectivity index (χ0n) is 10.0. The molecule has 1 heterocycles. The molecule has 0 radical (unpaired) electrons. The maximum Gasteiger partial charge on any atom is 0.279 e. The molecule has 0 bridgehead atoms. The lowest BCUT2D eigenvalue weighted by Gasteiger charge is -2.31. The highest BCUT2D eigenvalue weighted by molar-refractivity contribution is 7.87. The molecule has 1 fully saturated rings. The molecule has 1 aliphatic rings. The average Bonchev–Trinajstić information content (AvgIpc) is 2.28. The molecule has 0 aromatic rings. The largest absolute Gasteiger partial charge is 0.396 e. The van der Waals surface area contributed by atoms with Crippen molar-refractivity contribution in [3.8, 4) is 0 Å². The summed E-state index contributed by atoms with van der Waals surface area (Å²) >= 11 is 0. The van der Waals surface area contributed by atoms with E-state index >= 15 is 0 Å². The Bertz CT molecular complexity index is 305. The summed E-state index contributed by atoms with van der Waals surface area (Å²) in [5.41, 5.74) is 0. The van der Waals surface area contributed by atoms with Crippen molar-refractivity contribution >= 4 is 10.2 Å². The van der Waals surface area contributed by atoms with Gasteiger partial charge in [-0.15, -0.1) is 0 Å². The van der Waals surface area contributed by atoms with Crippen LogP contribution in [0.25, 0.3) is 0 Å². The minimum Gasteiger partial charge on any atom is -0.396 e. The Morgan fingerprint density at radius 1 is 1.56 bits per heavy atom. The summed E-state index contributed by atoms with van der Waals surface area (Å²) in [6, 6.07) is -0.0421. The molecule has 1 aliphatic heterocycles. The van der Waals surface area contributed by atoms with E-state index < -0.39 is 10.2 Å². The summed E-state index contributed by atoms with van der Waals surface area (Å²) in [4.78, 5) is 0. The first kappa shape index (κ1) is 13.9. The second-order valence-electron chi connectivity index (χ2n) is 4.48. The lowest BCUT2D eigenvalue weighted by atomic mass is 10.0. The Labute approximate surface area is 98.0 Å². The van der Waals surface area contributed by atoms with Crippen molar-refractivity contribution in [3.63, 3.8) is 0 Å². The van der Waals surface area contributed by atoms with Crippen molar-refractivity contribution in [2.45, 2.75) is 39.2 Å². The van der Waals surface area contributed by atoms with Crippen LogP contribution in [0.5, 0.6) is 0 Å². The van der Waals surface area contributed by atoms with Crippen LogP contribution in [-0.2, 0) is 10.2 Å². The van der Waals surface area contributed by atoms with Crippen LogP contribution in [-0.4, -0.2) is 43.6 Å². The minimum atomic E-state index is -3.37. The normalized spacial score (nSPS) is 25.6. The molecule has 0 saturated carbocycles. The fourth-order valence-electron chi connectivity index (χ4n) is 1.81. The molecule has 0 aromatic heterocycles. The van der Waals surface area contributed by atoms with E-state index in [4.69, 9.17) is 5.11 Å². The van der Waals surface area contributed by atoms with Crippen LogP contribution in [0, 0.1) is 5.92 Å². The fourth-order valence-corrected chi connectivity index (χ4v) is 3.41. The van der Waals surface area contributed by atoms with Gasteiger partial charge in [-0.1, -0.05) is 6.92 Å². The minimum absolute atomic E-state index is 0.0421. The van der Waals surface area contributed by atoms with Gasteiger partial charge < -0.3 is 5.11 Å². The van der Waals surface area contributed by atoms with Gasteiger partial charge in [0.25, 0.3) is 10.2 Å². The van der Waals surface area contributed by atoms with Gasteiger partial charge in [-0.2, -0.15) is 17.4 Å². The third kappa shape index (κ3) is 3.69. The molecule has 2 N–H and O–H groups in total. The predicted molar refractivity (Wildman–Crippen MR) is 63.2 cm³/mol. The highest BCUT2D eigenvalue weighted by Crippen LogP contribution is 2.18. The molecule has 0 spiro atoms. The smallest absolute Gasteiger partial charge is 0.279 e.